The lowest BCUT2D eigenvalue weighted by Crippen LogP contribution is -1.98. The Morgan fingerprint density at radius 1 is 1.38 bits per heavy atom. The first-order valence-electron chi connectivity index (χ1n) is 5.27. The Kier molecular flexibility index (Phi) is 7.66. The summed E-state index contributed by atoms with van der Waals surface area (Å²) in [7, 11) is 0. The van der Waals surface area contributed by atoms with Gasteiger partial charge in [0.1, 0.15) is 5.78 Å². The van der Waals surface area contributed by atoms with Crippen LogP contribution < -0.4 is 0 Å². The van der Waals surface area contributed by atoms with E-state index >= 15 is 0 Å². The molecule has 1 atom stereocenters. The third-order valence-corrected chi connectivity index (χ3v) is 2.34. The Labute approximate surface area is 82.2 Å². The fraction of sp³-hybridized carbons (Fsp3) is 0.750. The van der Waals surface area contributed by atoms with E-state index in [0.29, 0.717) is 11.7 Å². The van der Waals surface area contributed by atoms with Crippen molar-refractivity contribution in [1.29, 1.82) is 0 Å². The molecule has 0 amide bonds. The summed E-state index contributed by atoms with van der Waals surface area (Å²) in [4.78, 5) is 10.7. The van der Waals surface area contributed by atoms with Gasteiger partial charge in [-0.05, 0) is 32.1 Å². The van der Waals surface area contributed by atoms with Crippen molar-refractivity contribution in [2.24, 2.45) is 5.92 Å². The van der Waals surface area contributed by atoms with Gasteiger partial charge in [-0.15, -0.1) is 6.58 Å². The fourth-order valence-electron chi connectivity index (χ4n) is 1.38. The summed E-state index contributed by atoms with van der Waals surface area (Å²) in [5.41, 5.74) is 0. The van der Waals surface area contributed by atoms with Gasteiger partial charge in [0.15, 0.2) is 0 Å². The van der Waals surface area contributed by atoms with Gasteiger partial charge in [0, 0.05) is 6.42 Å². The molecule has 0 aromatic carbocycles. The Morgan fingerprint density at radius 2 is 2.08 bits per heavy atom. The maximum Gasteiger partial charge on any atom is 0.129 e. The van der Waals surface area contributed by atoms with Crippen molar-refractivity contribution in [3.63, 3.8) is 0 Å². The standard InChI is InChI=1S/C12H22O/c1-4-5-6-7-8-11(2)9-10-12(3)13/h4,11H,1,5-10H2,2-3H3. The fourth-order valence-corrected chi connectivity index (χ4v) is 1.38. The molecule has 0 saturated carbocycles. The molecule has 0 aliphatic rings. The molecule has 0 saturated heterocycles. The highest BCUT2D eigenvalue weighted by atomic mass is 16.1. The lowest BCUT2D eigenvalue weighted by Gasteiger charge is -2.08. The van der Waals surface area contributed by atoms with E-state index in [0.717, 1.165) is 19.3 Å². The molecule has 0 fully saturated rings. The first-order valence-corrected chi connectivity index (χ1v) is 5.27. The third-order valence-electron chi connectivity index (χ3n) is 2.34. The predicted octanol–water partition coefficient (Wildman–Crippen LogP) is 3.74. The molecule has 1 unspecified atom stereocenters. The van der Waals surface area contributed by atoms with Crippen LogP contribution in [0, 0.1) is 5.92 Å². The van der Waals surface area contributed by atoms with E-state index in [1.807, 2.05) is 6.08 Å². The molecule has 0 radical (unpaired) electrons. The summed E-state index contributed by atoms with van der Waals surface area (Å²) in [5, 5.41) is 0. The molecule has 0 bridgehead atoms. The Balaban J connectivity index is 3.24. The minimum atomic E-state index is 0.318. The molecule has 76 valence electrons. The lowest BCUT2D eigenvalue weighted by atomic mass is 9.97. The van der Waals surface area contributed by atoms with Crippen molar-refractivity contribution in [2.45, 2.75) is 52.4 Å². The van der Waals surface area contributed by atoms with Crippen molar-refractivity contribution >= 4 is 5.78 Å². The number of carbonyl (C=O) groups excluding carboxylic acids is 1. The van der Waals surface area contributed by atoms with Crippen LogP contribution in [-0.4, -0.2) is 5.78 Å². The summed E-state index contributed by atoms with van der Waals surface area (Å²) in [6.45, 7) is 7.60. The van der Waals surface area contributed by atoms with Crippen molar-refractivity contribution in [1.82, 2.24) is 0 Å². The number of hydrogen-bond acceptors (Lipinski definition) is 1. The van der Waals surface area contributed by atoms with Gasteiger partial charge < -0.3 is 4.79 Å². The maximum absolute atomic E-state index is 10.7. The first kappa shape index (κ1) is 12.4. The lowest BCUT2D eigenvalue weighted by molar-refractivity contribution is -0.117. The van der Waals surface area contributed by atoms with Gasteiger partial charge in [0.25, 0.3) is 0 Å². The SMILES string of the molecule is C=CCCCCC(C)CCC(C)=O. The van der Waals surface area contributed by atoms with Crippen LogP contribution in [0.25, 0.3) is 0 Å². The van der Waals surface area contributed by atoms with Gasteiger partial charge in [-0.25, -0.2) is 0 Å². The van der Waals surface area contributed by atoms with Gasteiger partial charge >= 0.3 is 0 Å². The molecule has 1 nitrogen and oxygen atoms in total. The minimum absolute atomic E-state index is 0.318. The molecule has 0 heterocycles. The van der Waals surface area contributed by atoms with Crippen LogP contribution >= 0.6 is 0 Å². The van der Waals surface area contributed by atoms with Crippen LogP contribution in [0.1, 0.15) is 52.4 Å². The highest BCUT2D eigenvalue weighted by Gasteiger charge is 2.02. The highest BCUT2D eigenvalue weighted by molar-refractivity contribution is 5.75. The molecule has 13 heavy (non-hydrogen) atoms. The summed E-state index contributed by atoms with van der Waals surface area (Å²) in [6.07, 6.45) is 8.67. The second kappa shape index (κ2) is 8.03. The number of rotatable bonds is 8. The van der Waals surface area contributed by atoms with Crippen LogP contribution in [0.5, 0.6) is 0 Å². The highest BCUT2D eigenvalue weighted by Crippen LogP contribution is 2.14. The number of hydrogen-bond donors (Lipinski definition) is 0. The molecule has 0 aromatic rings. The topological polar surface area (TPSA) is 17.1 Å². The number of carbonyl (C=O) groups is 1. The van der Waals surface area contributed by atoms with Gasteiger partial charge in [-0.1, -0.05) is 25.8 Å². The monoisotopic (exact) mass is 182 g/mol. The van der Waals surface area contributed by atoms with Gasteiger partial charge in [0.05, 0.1) is 0 Å². The van der Waals surface area contributed by atoms with Crippen LogP contribution in [-0.2, 0) is 4.79 Å². The van der Waals surface area contributed by atoms with Crippen LogP contribution in [0.3, 0.4) is 0 Å². The second-order valence-electron chi connectivity index (χ2n) is 3.92. The van der Waals surface area contributed by atoms with E-state index in [4.69, 9.17) is 0 Å². The van der Waals surface area contributed by atoms with E-state index in [-0.39, 0.29) is 0 Å². The zero-order valence-corrected chi connectivity index (χ0v) is 9.01. The maximum atomic E-state index is 10.7. The normalized spacial score (nSPS) is 12.5. The summed E-state index contributed by atoms with van der Waals surface area (Å²) in [5.74, 6) is 1.02. The van der Waals surface area contributed by atoms with Crippen LogP contribution in [0.2, 0.25) is 0 Å². The van der Waals surface area contributed by atoms with Gasteiger partial charge in [-0.2, -0.15) is 0 Å². The second-order valence-corrected chi connectivity index (χ2v) is 3.92. The predicted molar refractivity (Wildman–Crippen MR) is 57.7 cm³/mol. The third kappa shape index (κ3) is 9.32. The summed E-state index contributed by atoms with van der Waals surface area (Å²) in [6, 6.07) is 0. The van der Waals surface area contributed by atoms with E-state index in [1.165, 1.54) is 19.3 Å². The van der Waals surface area contributed by atoms with E-state index in [2.05, 4.69) is 13.5 Å². The first-order chi connectivity index (χ1) is 6.16. The zero-order valence-electron chi connectivity index (χ0n) is 9.01. The van der Waals surface area contributed by atoms with E-state index in [1.54, 1.807) is 6.92 Å². The van der Waals surface area contributed by atoms with Crippen LogP contribution in [0.15, 0.2) is 12.7 Å². The minimum Gasteiger partial charge on any atom is -0.300 e. The molecule has 0 aromatic heterocycles. The summed E-state index contributed by atoms with van der Waals surface area (Å²) >= 11 is 0. The smallest absolute Gasteiger partial charge is 0.129 e. The summed E-state index contributed by atoms with van der Waals surface area (Å²) < 4.78 is 0. The quantitative estimate of drug-likeness (QED) is 0.413. The molecule has 0 aliphatic carbocycles. The van der Waals surface area contributed by atoms with E-state index in [9.17, 15) is 4.79 Å². The van der Waals surface area contributed by atoms with Crippen molar-refractivity contribution in [2.75, 3.05) is 0 Å². The zero-order chi connectivity index (χ0) is 10.1. The molecular weight excluding hydrogens is 160 g/mol. The van der Waals surface area contributed by atoms with Crippen molar-refractivity contribution < 1.29 is 4.79 Å². The number of Topliss-reactive ketones (excluding diaryl/α,β-unsaturated/α-hetero) is 1. The number of ketones is 1. The van der Waals surface area contributed by atoms with Gasteiger partial charge in [-0.3, -0.25) is 0 Å². The number of unbranched alkanes of at least 4 members (excludes halogenated alkanes) is 2. The van der Waals surface area contributed by atoms with Crippen LogP contribution in [0.4, 0.5) is 0 Å². The Bertz CT molecular complexity index is 149. The average Bonchev–Trinajstić information content (AvgIpc) is 2.09. The molecular formula is C12H22O. The molecule has 1 heteroatoms. The number of allylic oxidation sites excluding steroid dienone is 1. The van der Waals surface area contributed by atoms with E-state index < -0.39 is 0 Å². The Morgan fingerprint density at radius 3 is 2.62 bits per heavy atom. The average molecular weight is 182 g/mol. The largest absolute Gasteiger partial charge is 0.300 e. The van der Waals surface area contributed by atoms with Gasteiger partial charge in [0.2, 0.25) is 0 Å². The molecule has 0 aliphatic heterocycles. The molecule has 0 N–H and O–H groups in total. The van der Waals surface area contributed by atoms with Crippen molar-refractivity contribution in [3.8, 4) is 0 Å². The van der Waals surface area contributed by atoms with Crippen molar-refractivity contribution in [3.05, 3.63) is 12.7 Å². The molecule has 0 spiro atoms. The molecule has 0 rings (SSSR count). The Hall–Kier alpha value is -0.590.